The van der Waals surface area contributed by atoms with Crippen molar-refractivity contribution in [2.24, 2.45) is 0 Å². The number of hydrogen-bond donors (Lipinski definition) is 0. The molecule has 0 bridgehead atoms. The first-order valence-electron chi connectivity index (χ1n) is 6.93. The fourth-order valence-electron chi connectivity index (χ4n) is 2.89. The second-order valence-electron chi connectivity index (χ2n) is 5.45. The molecule has 2 atom stereocenters. The van der Waals surface area contributed by atoms with Crippen molar-refractivity contribution in [3.8, 4) is 5.75 Å². The molecule has 3 rings (SSSR count). The topological polar surface area (TPSA) is 18.5 Å². The third-order valence-corrected chi connectivity index (χ3v) is 5.98. The van der Waals surface area contributed by atoms with Crippen LogP contribution in [-0.2, 0) is 10.6 Å². The van der Waals surface area contributed by atoms with Crippen LogP contribution < -0.4 is 4.74 Å². The molecule has 2 heterocycles. The van der Waals surface area contributed by atoms with Crippen LogP contribution in [-0.4, -0.2) is 29.8 Å². The standard InChI is InChI=1S/C15H18BrClO2S/c16-12-1-2-14(11(7-12)9-17)19-13-3-5-18-15(8-13)4-6-20-10-15/h1-2,7,13H,3-6,8-10H2. The molecule has 1 aromatic rings. The predicted octanol–water partition coefficient (Wildman–Crippen LogP) is 4.62. The predicted molar refractivity (Wildman–Crippen MR) is 88.0 cm³/mol. The summed E-state index contributed by atoms with van der Waals surface area (Å²) >= 11 is 11.5. The number of thioether (sulfide) groups is 1. The van der Waals surface area contributed by atoms with E-state index in [4.69, 9.17) is 21.1 Å². The van der Waals surface area contributed by atoms with E-state index in [1.165, 1.54) is 5.75 Å². The van der Waals surface area contributed by atoms with Gasteiger partial charge in [-0.15, -0.1) is 11.6 Å². The van der Waals surface area contributed by atoms with Crippen molar-refractivity contribution in [2.45, 2.75) is 36.8 Å². The van der Waals surface area contributed by atoms with Crippen molar-refractivity contribution >= 4 is 39.3 Å². The Morgan fingerprint density at radius 1 is 1.50 bits per heavy atom. The average Bonchev–Trinajstić information content (AvgIpc) is 2.89. The first kappa shape index (κ1) is 15.0. The summed E-state index contributed by atoms with van der Waals surface area (Å²) in [5.41, 5.74) is 1.10. The molecule has 2 fully saturated rings. The molecule has 2 aliphatic rings. The minimum Gasteiger partial charge on any atom is -0.490 e. The maximum atomic E-state index is 6.22. The summed E-state index contributed by atoms with van der Waals surface area (Å²) in [7, 11) is 0. The Labute approximate surface area is 137 Å². The fraction of sp³-hybridized carbons (Fsp3) is 0.600. The van der Waals surface area contributed by atoms with Crippen LogP contribution in [0.4, 0.5) is 0 Å². The molecule has 0 aromatic heterocycles. The van der Waals surface area contributed by atoms with Crippen molar-refractivity contribution in [1.29, 1.82) is 0 Å². The number of benzene rings is 1. The highest BCUT2D eigenvalue weighted by atomic mass is 79.9. The Bertz CT molecular complexity index is 477. The van der Waals surface area contributed by atoms with E-state index in [2.05, 4.69) is 15.9 Å². The lowest BCUT2D eigenvalue weighted by Gasteiger charge is -2.37. The third-order valence-electron chi connectivity index (χ3n) is 3.98. The van der Waals surface area contributed by atoms with Crippen molar-refractivity contribution < 1.29 is 9.47 Å². The molecular formula is C15H18BrClO2S. The van der Waals surface area contributed by atoms with E-state index in [-0.39, 0.29) is 11.7 Å². The lowest BCUT2D eigenvalue weighted by Crippen LogP contribution is -2.43. The van der Waals surface area contributed by atoms with Crippen LogP contribution in [0.3, 0.4) is 0 Å². The Morgan fingerprint density at radius 3 is 3.15 bits per heavy atom. The number of rotatable bonds is 3. The van der Waals surface area contributed by atoms with Crippen LogP contribution >= 0.6 is 39.3 Å². The second kappa shape index (κ2) is 6.47. The Morgan fingerprint density at radius 2 is 2.40 bits per heavy atom. The molecule has 2 unspecified atom stereocenters. The second-order valence-corrected chi connectivity index (χ2v) is 7.74. The Kier molecular flexibility index (Phi) is 4.86. The zero-order valence-electron chi connectivity index (χ0n) is 11.2. The van der Waals surface area contributed by atoms with Gasteiger partial charge in [-0.1, -0.05) is 15.9 Å². The first-order chi connectivity index (χ1) is 9.71. The summed E-state index contributed by atoms with van der Waals surface area (Å²) in [6.07, 6.45) is 3.35. The van der Waals surface area contributed by atoms with Gasteiger partial charge in [-0.2, -0.15) is 11.8 Å². The summed E-state index contributed by atoms with van der Waals surface area (Å²) in [5.74, 6) is 3.70. The summed E-state index contributed by atoms with van der Waals surface area (Å²) in [6, 6.07) is 6.04. The van der Waals surface area contributed by atoms with Gasteiger partial charge >= 0.3 is 0 Å². The normalized spacial score (nSPS) is 29.8. The largest absolute Gasteiger partial charge is 0.490 e. The fourth-order valence-corrected chi connectivity index (χ4v) is 4.89. The van der Waals surface area contributed by atoms with Crippen LogP contribution in [0.15, 0.2) is 22.7 Å². The lowest BCUT2D eigenvalue weighted by atomic mass is 9.91. The zero-order valence-corrected chi connectivity index (χ0v) is 14.4. The molecule has 5 heteroatoms. The zero-order chi connectivity index (χ0) is 14.0. The summed E-state index contributed by atoms with van der Waals surface area (Å²) in [5, 5.41) is 0. The minimum absolute atomic E-state index is 0.0596. The quantitative estimate of drug-likeness (QED) is 0.716. The van der Waals surface area contributed by atoms with E-state index in [0.29, 0.717) is 5.88 Å². The van der Waals surface area contributed by atoms with Crippen LogP contribution in [0.1, 0.15) is 24.8 Å². The van der Waals surface area contributed by atoms with Gasteiger partial charge in [0, 0.05) is 28.6 Å². The molecule has 0 radical (unpaired) electrons. The number of alkyl halides is 1. The van der Waals surface area contributed by atoms with Gasteiger partial charge in [0.05, 0.1) is 18.1 Å². The van der Waals surface area contributed by atoms with Crippen molar-refractivity contribution in [3.05, 3.63) is 28.2 Å². The highest BCUT2D eigenvalue weighted by Crippen LogP contribution is 2.39. The summed E-state index contributed by atoms with van der Waals surface area (Å²) in [6.45, 7) is 0.804. The number of halogens is 2. The van der Waals surface area contributed by atoms with Gasteiger partial charge in [0.2, 0.25) is 0 Å². The van der Waals surface area contributed by atoms with E-state index < -0.39 is 0 Å². The molecule has 2 aliphatic heterocycles. The molecule has 0 saturated carbocycles. The van der Waals surface area contributed by atoms with E-state index in [0.717, 1.165) is 47.4 Å². The maximum Gasteiger partial charge on any atom is 0.124 e. The van der Waals surface area contributed by atoms with Gasteiger partial charge in [0.1, 0.15) is 11.9 Å². The molecule has 0 amide bonds. The van der Waals surface area contributed by atoms with Gasteiger partial charge < -0.3 is 9.47 Å². The summed E-state index contributed by atoms with van der Waals surface area (Å²) in [4.78, 5) is 0. The van der Waals surface area contributed by atoms with E-state index >= 15 is 0 Å². The van der Waals surface area contributed by atoms with Gasteiger partial charge in [0.15, 0.2) is 0 Å². The van der Waals surface area contributed by atoms with Crippen LogP contribution in [0.2, 0.25) is 0 Å². The Balaban J connectivity index is 1.71. The molecule has 2 nitrogen and oxygen atoms in total. The molecule has 0 N–H and O–H groups in total. The van der Waals surface area contributed by atoms with Gasteiger partial charge in [-0.25, -0.2) is 0 Å². The van der Waals surface area contributed by atoms with E-state index in [1.807, 2.05) is 30.0 Å². The molecular weight excluding hydrogens is 360 g/mol. The number of hydrogen-bond acceptors (Lipinski definition) is 3. The van der Waals surface area contributed by atoms with Crippen molar-refractivity contribution in [2.75, 3.05) is 18.1 Å². The van der Waals surface area contributed by atoms with Crippen LogP contribution in [0.5, 0.6) is 5.75 Å². The average molecular weight is 378 g/mol. The van der Waals surface area contributed by atoms with Gasteiger partial charge in [0.25, 0.3) is 0 Å². The highest BCUT2D eigenvalue weighted by molar-refractivity contribution is 9.10. The van der Waals surface area contributed by atoms with Gasteiger partial charge in [-0.3, -0.25) is 0 Å². The molecule has 110 valence electrons. The van der Waals surface area contributed by atoms with Gasteiger partial charge in [-0.05, 0) is 30.4 Å². The molecule has 1 spiro atoms. The SMILES string of the molecule is ClCc1cc(Br)ccc1OC1CCOC2(CCSC2)C1. The molecule has 1 aromatic carbocycles. The first-order valence-corrected chi connectivity index (χ1v) is 9.42. The Hall–Kier alpha value is 0.1000. The molecule has 2 saturated heterocycles. The maximum absolute atomic E-state index is 6.22. The smallest absolute Gasteiger partial charge is 0.124 e. The van der Waals surface area contributed by atoms with E-state index in [1.54, 1.807) is 0 Å². The lowest BCUT2D eigenvalue weighted by molar-refractivity contribution is -0.0960. The highest BCUT2D eigenvalue weighted by Gasteiger charge is 2.41. The van der Waals surface area contributed by atoms with Crippen LogP contribution in [0.25, 0.3) is 0 Å². The third kappa shape index (κ3) is 3.29. The summed E-state index contributed by atoms with van der Waals surface area (Å²) < 4.78 is 13.3. The van der Waals surface area contributed by atoms with Crippen molar-refractivity contribution in [3.63, 3.8) is 0 Å². The van der Waals surface area contributed by atoms with E-state index in [9.17, 15) is 0 Å². The minimum atomic E-state index is 0.0596. The van der Waals surface area contributed by atoms with Crippen LogP contribution in [0, 0.1) is 0 Å². The molecule has 20 heavy (non-hydrogen) atoms. The number of ether oxygens (including phenoxy) is 2. The monoisotopic (exact) mass is 376 g/mol. The molecule has 0 aliphatic carbocycles. The van der Waals surface area contributed by atoms with Crippen molar-refractivity contribution in [1.82, 2.24) is 0 Å².